The van der Waals surface area contributed by atoms with E-state index < -0.39 is 0 Å². The molecule has 1 unspecified atom stereocenters. The first-order valence-corrected chi connectivity index (χ1v) is 7.70. The molecule has 0 aromatic heterocycles. The van der Waals surface area contributed by atoms with E-state index in [0.717, 1.165) is 31.7 Å². The number of anilines is 1. The van der Waals surface area contributed by atoms with Gasteiger partial charge in [-0.25, -0.2) is 0 Å². The fourth-order valence-electron chi connectivity index (χ4n) is 2.93. The fraction of sp³-hybridized carbons (Fsp3) is 0.588. The van der Waals surface area contributed by atoms with Crippen LogP contribution in [0.3, 0.4) is 0 Å². The first kappa shape index (κ1) is 15.0. The first-order valence-electron chi connectivity index (χ1n) is 7.70. The van der Waals surface area contributed by atoms with Crippen LogP contribution in [0.15, 0.2) is 18.2 Å². The van der Waals surface area contributed by atoms with Crippen molar-refractivity contribution in [2.75, 3.05) is 24.5 Å². The van der Waals surface area contributed by atoms with Gasteiger partial charge in [0.2, 0.25) is 5.91 Å². The Hall–Kier alpha value is -1.35. The van der Waals surface area contributed by atoms with Gasteiger partial charge in [0.05, 0.1) is 0 Å². The zero-order chi connectivity index (χ0) is 14.5. The van der Waals surface area contributed by atoms with E-state index in [-0.39, 0.29) is 5.91 Å². The van der Waals surface area contributed by atoms with Gasteiger partial charge in [0.15, 0.2) is 0 Å². The molecule has 1 saturated heterocycles. The Kier molecular flexibility index (Phi) is 5.18. The molecular weight excluding hydrogens is 248 g/mol. The number of nitrogens with one attached hydrogen (secondary N) is 1. The molecule has 3 nitrogen and oxygen atoms in total. The molecule has 0 radical (unpaired) electrons. The van der Waals surface area contributed by atoms with Gasteiger partial charge >= 0.3 is 0 Å². The molecule has 0 spiro atoms. The molecule has 0 saturated carbocycles. The second-order valence-corrected chi connectivity index (χ2v) is 5.75. The number of carbonyl (C=O) groups excluding carboxylic acids is 1. The number of aryl methyl sites for hydroxylation is 1. The van der Waals surface area contributed by atoms with Crippen molar-refractivity contribution in [1.29, 1.82) is 0 Å². The normalized spacial score (nSPS) is 18.2. The second kappa shape index (κ2) is 6.89. The van der Waals surface area contributed by atoms with Crippen molar-refractivity contribution in [2.24, 2.45) is 5.92 Å². The first-order chi connectivity index (χ1) is 9.63. The Balaban J connectivity index is 2.03. The van der Waals surface area contributed by atoms with Crippen molar-refractivity contribution in [1.82, 2.24) is 5.32 Å². The van der Waals surface area contributed by atoms with Gasteiger partial charge in [0.25, 0.3) is 0 Å². The van der Waals surface area contributed by atoms with Crippen LogP contribution in [-0.4, -0.2) is 25.5 Å². The van der Waals surface area contributed by atoms with E-state index >= 15 is 0 Å². The van der Waals surface area contributed by atoms with Gasteiger partial charge in [0.1, 0.15) is 0 Å². The summed E-state index contributed by atoms with van der Waals surface area (Å²) in [6, 6.07) is 6.19. The zero-order valence-corrected chi connectivity index (χ0v) is 12.9. The van der Waals surface area contributed by atoms with Crippen LogP contribution in [0.1, 0.15) is 37.3 Å². The summed E-state index contributed by atoms with van der Waals surface area (Å²) < 4.78 is 0. The Morgan fingerprint density at radius 3 is 2.85 bits per heavy atom. The second-order valence-electron chi connectivity index (χ2n) is 5.75. The van der Waals surface area contributed by atoms with Gasteiger partial charge in [-0.2, -0.15) is 0 Å². The topological polar surface area (TPSA) is 32.3 Å². The van der Waals surface area contributed by atoms with Gasteiger partial charge in [-0.15, -0.1) is 0 Å². The van der Waals surface area contributed by atoms with Crippen LogP contribution in [-0.2, 0) is 4.79 Å². The van der Waals surface area contributed by atoms with E-state index in [2.05, 4.69) is 38.2 Å². The van der Waals surface area contributed by atoms with Gasteiger partial charge < -0.3 is 10.2 Å². The summed E-state index contributed by atoms with van der Waals surface area (Å²) in [6.07, 6.45) is 2.88. The van der Waals surface area contributed by atoms with Gasteiger partial charge in [-0.1, -0.05) is 12.1 Å². The number of nitrogens with zero attached hydrogens (tertiary/aromatic N) is 1. The molecule has 1 aromatic rings. The van der Waals surface area contributed by atoms with Crippen LogP contribution in [0.4, 0.5) is 5.69 Å². The summed E-state index contributed by atoms with van der Waals surface area (Å²) >= 11 is 0. The summed E-state index contributed by atoms with van der Waals surface area (Å²) in [5, 5.41) is 3.36. The Morgan fingerprint density at radius 2 is 2.20 bits per heavy atom. The van der Waals surface area contributed by atoms with Crippen molar-refractivity contribution < 1.29 is 4.79 Å². The lowest BCUT2D eigenvalue weighted by Crippen LogP contribution is -2.31. The molecule has 1 aliphatic rings. The van der Waals surface area contributed by atoms with Crippen LogP contribution < -0.4 is 10.2 Å². The van der Waals surface area contributed by atoms with Crippen LogP contribution >= 0.6 is 0 Å². The van der Waals surface area contributed by atoms with E-state index in [1.807, 2.05) is 11.0 Å². The predicted molar refractivity (Wildman–Crippen MR) is 84.2 cm³/mol. The highest BCUT2D eigenvalue weighted by Crippen LogP contribution is 2.24. The average molecular weight is 274 g/mol. The quantitative estimate of drug-likeness (QED) is 0.895. The fourth-order valence-corrected chi connectivity index (χ4v) is 2.93. The number of rotatable bonds is 5. The van der Waals surface area contributed by atoms with E-state index in [1.54, 1.807) is 0 Å². The molecule has 1 aromatic carbocycles. The highest BCUT2D eigenvalue weighted by molar-refractivity contribution is 5.94. The van der Waals surface area contributed by atoms with Gasteiger partial charge in [0, 0.05) is 18.7 Å². The molecule has 1 N–H and O–H groups in total. The molecule has 1 amide bonds. The van der Waals surface area contributed by atoms with Crippen molar-refractivity contribution in [2.45, 2.75) is 40.0 Å². The third-order valence-electron chi connectivity index (χ3n) is 4.41. The lowest BCUT2D eigenvalue weighted by Gasteiger charge is -2.24. The SMILES string of the molecule is CCN(C(=O)CCC1CCNC1)c1cccc(C)c1C. The maximum Gasteiger partial charge on any atom is 0.226 e. The minimum atomic E-state index is 0.257. The number of hydrogen-bond acceptors (Lipinski definition) is 2. The van der Waals surface area contributed by atoms with E-state index in [1.165, 1.54) is 17.5 Å². The summed E-state index contributed by atoms with van der Waals surface area (Å²) in [7, 11) is 0. The highest BCUT2D eigenvalue weighted by Gasteiger charge is 2.20. The molecular formula is C17H26N2O. The molecule has 1 heterocycles. The van der Waals surface area contributed by atoms with Crippen LogP contribution in [0.25, 0.3) is 0 Å². The lowest BCUT2D eigenvalue weighted by molar-refractivity contribution is -0.118. The van der Waals surface area contributed by atoms with Gasteiger partial charge in [-0.3, -0.25) is 4.79 Å². The number of amides is 1. The number of carbonyl (C=O) groups is 1. The van der Waals surface area contributed by atoms with Crippen molar-refractivity contribution >= 4 is 11.6 Å². The summed E-state index contributed by atoms with van der Waals surface area (Å²) in [6.45, 7) is 9.17. The smallest absolute Gasteiger partial charge is 0.226 e. The summed E-state index contributed by atoms with van der Waals surface area (Å²) in [4.78, 5) is 14.4. The molecule has 1 atom stereocenters. The molecule has 1 aliphatic heterocycles. The molecule has 3 heteroatoms. The van der Waals surface area contributed by atoms with Crippen LogP contribution in [0.5, 0.6) is 0 Å². The molecule has 0 bridgehead atoms. The van der Waals surface area contributed by atoms with E-state index in [9.17, 15) is 4.79 Å². The molecule has 20 heavy (non-hydrogen) atoms. The lowest BCUT2D eigenvalue weighted by atomic mass is 10.0. The Bertz CT molecular complexity index is 464. The Labute approximate surface area is 122 Å². The molecule has 2 rings (SSSR count). The van der Waals surface area contributed by atoms with Crippen LogP contribution in [0.2, 0.25) is 0 Å². The number of hydrogen-bond donors (Lipinski definition) is 1. The van der Waals surface area contributed by atoms with Crippen molar-refractivity contribution in [3.05, 3.63) is 29.3 Å². The molecule has 1 fully saturated rings. The van der Waals surface area contributed by atoms with Gasteiger partial charge in [-0.05, 0) is 69.8 Å². The van der Waals surface area contributed by atoms with E-state index in [4.69, 9.17) is 0 Å². The average Bonchev–Trinajstić information content (AvgIpc) is 2.95. The molecule has 110 valence electrons. The van der Waals surface area contributed by atoms with Crippen molar-refractivity contribution in [3.63, 3.8) is 0 Å². The van der Waals surface area contributed by atoms with E-state index in [0.29, 0.717) is 12.3 Å². The highest BCUT2D eigenvalue weighted by atomic mass is 16.2. The standard InChI is InChI=1S/C17H26N2O/c1-4-19(16-7-5-6-13(2)14(16)3)17(20)9-8-15-10-11-18-12-15/h5-7,15,18H,4,8-12H2,1-3H3. The maximum atomic E-state index is 12.5. The largest absolute Gasteiger partial charge is 0.316 e. The Morgan fingerprint density at radius 1 is 1.40 bits per heavy atom. The molecule has 0 aliphatic carbocycles. The van der Waals surface area contributed by atoms with Crippen LogP contribution in [0, 0.1) is 19.8 Å². The zero-order valence-electron chi connectivity index (χ0n) is 12.9. The third kappa shape index (κ3) is 3.40. The number of benzene rings is 1. The third-order valence-corrected chi connectivity index (χ3v) is 4.41. The predicted octanol–water partition coefficient (Wildman–Crippen LogP) is 3.05. The monoisotopic (exact) mass is 274 g/mol. The minimum absolute atomic E-state index is 0.257. The maximum absolute atomic E-state index is 12.5. The summed E-state index contributed by atoms with van der Waals surface area (Å²) in [5.41, 5.74) is 3.53. The summed E-state index contributed by atoms with van der Waals surface area (Å²) in [5.74, 6) is 0.935. The minimum Gasteiger partial charge on any atom is -0.316 e. The van der Waals surface area contributed by atoms with Crippen molar-refractivity contribution in [3.8, 4) is 0 Å².